The molecule has 0 unspecified atom stereocenters. The number of nitrogens with zero attached hydrogens (tertiary/aromatic N) is 6. The predicted octanol–water partition coefficient (Wildman–Crippen LogP) is 1.57. The maximum atomic E-state index is 11.9. The van der Waals surface area contributed by atoms with Gasteiger partial charge < -0.3 is 15.2 Å². The Morgan fingerprint density at radius 3 is 2.48 bits per heavy atom. The van der Waals surface area contributed by atoms with Crippen LogP contribution >= 0.6 is 11.6 Å². The topological polar surface area (TPSA) is 85.2 Å². The fourth-order valence-electron chi connectivity index (χ4n) is 3.75. The molecule has 0 radical (unpaired) electrons. The lowest BCUT2D eigenvalue weighted by molar-refractivity contribution is 0.125. The van der Waals surface area contributed by atoms with Gasteiger partial charge in [-0.05, 0) is 30.7 Å². The molecule has 1 aliphatic rings. The highest BCUT2D eigenvalue weighted by Crippen LogP contribution is 2.16. The van der Waals surface area contributed by atoms with E-state index < -0.39 is 0 Å². The number of imidazole rings is 1. The normalized spacial score (nSPS) is 15.9. The van der Waals surface area contributed by atoms with Crippen LogP contribution in [0.15, 0.2) is 35.4 Å². The van der Waals surface area contributed by atoms with E-state index in [1.54, 1.807) is 13.4 Å². The summed E-state index contributed by atoms with van der Waals surface area (Å²) in [7, 11) is 1.61. The van der Waals surface area contributed by atoms with Gasteiger partial charge in [0.1, 0.15) is 11.3 Å². The van der Waals surface area contributed by atoms with Crippen molar-refractivity contribution in [3.05, 3.63) is 51.7 Å². The van der Waals surface area contributed by atoms with E-state index in [2.05, 4.69) is 31.9 Å². The molecule has 154 valence electrons. The summed E-state index contributed by atoms with van der Waals surface area (Å²) in [6.07, 6.45) is 2.69. The summed E-state index contributed by atoms with van der Waals surface area (Å²) in [6, 6.07) is 8.09. The Balaban J connectivity index is 1.26. The third-order valence-corrected chi connectivity index (χ3v) is 5.81. The second kappa shape index (κ2) is 8.52. The first kappa shape index (κ1) is 19.9. The fraction of sp³-hybridized carbons (Fsp3) is 0.450. The Hall–Kier alpha value is -2.42. The molecule has 0 aliphatic carbocycles. The number of benzene rings is 1. The molecule has 9 heteroatoms. The molecule has 3 aromatic rings. The number of hydrogen-bond donors (Lipinski definition) is 1. The Bertz CT molecular complexity index is 1040. The molecule has 1 saturated heterocycles. The minimum atomic E-state index is -0.353. The van der Waals surface area contributed by atoms with Crippen molar-refractivity contribution >= 4 is 28.6 Å². The Morgan fingerprint density at radius 2 is 1.76 bits per heavy atom. The van der Waals surface area contributed by atoms with Crippen LogP contribution in [0.4, 0.5) is 5.82 Å². The molecule has 3 heterocycles. The molecule has 29 heavy (non-hydrogen) atoms. The quantitative estimate of drug-likeness (QED) is 0.657. The van der Waals surface area contributed by atoms with E-state index in [0.29, 0.717) is 17.0 Å². The first-order valence-electron chi connectivity index (χ1n) is 9.88. The van der Waals surface area contributed by atoms with E-state index in [0.717, 1.165) is 57.3 Å². The van der Waals surface area contributed by atoms with Gasteiger partial charge in [-0.3, -0.25) is 9.47 Å². The summed E-state index contributed by atoms with van der Waals surface area (Å²) in [4.78, 5) is 25.3. The van der Waals surface area contributed by atoms with Gasteiger partial charge >= 0.3 is 5.69 Å². The van der Waals surface area contributed by atoms with Crippen LogP contribution in [-0.4, -0.2) is 61.6 Å². The van der Waals surface area contributed by atoms with Gasteiger partial charge in [0.05, 0.1) is 6.33 Å². The monoisotopic (exact) mass is 415 g/mol. The van der Waals surface area contributed by atoms with Gasteiger partial charge in [0, 0.05) is 51.3 Å². The zero-order chi connectivity index (χ0) is 20.4. The van der Waals surface area contributed by atoms with E-state index in [1.807, 2.05) is 16.7 Å². The molecule has 2 aromatic heterocycles. The number of aromatic nitrogens is 4. The molecular weight excluding hydrogens is 390 g/mol. The molecule has 1 aliphatic heterocycles. The molecular formula is C20H26ClN7O. The van der Waals surface area contributed by atoms with E-state index in [-0.39, 0.29) is 5.69 Å². The molecule has 0 amide bonds. The summed E-state index contributed by atoms with van der Waals surface area (Å²) in [5, 5.41) is 0.780. The smallest absolute Gasteiger partial charge is 0.350 e. The van der Waals surface area contributed by atoms with Gasteiger partial charge in [-0.1, -0.05) is 23.7 Å². The summed E-state index contributed by atoms with van der Waals surface area (Å²) in [5.41, 5.74) is 8.08. The molecule has 4 rings (SSSR count). The first-order chi connectivity index (χ1) is 14.0. The van der Waals surface area contributed by atoms with Gasteiger partial charge in [0.25, 0.3) is 0 Å². The first-order valence-corrected chi connectivity index (χ1v) is 10.3. The Labute approximate surface area is 174 Å². The van der Waals surface area contributed by atoms with Crippen LogP contribution in [0.2, 0.25) is 5.02 Å². The summed E-state index contributed by atoms with van der Waals surface area (Å²) >= 11 is 5.96. The minimum absolute atomic E-state index is 0.353. The molecule has 8 nitrogen and oxygen atoms in total. The van der Waals surface area contributed by atoms with Gasteiger partial charge in [0.15, 0.2) is 5.65 Å². The molecule has 1 aromatic carbocycles. The molecule has 0 saturated carbocycles. The van der Waals surface area contributed by atoms with Crippen molar-refractivity contribution in [3.63, 3.8) is 0 Å². The van der Waals surface area contributed by atoms with Crippen molar-refractivity contribution in [1.82, 2.24) is 28.9 Å². The zero-order valence-electron chi connectivity index (χ0n) is 16.6. The minimum Gasteiger partial charge on any atom is -0.383 e. The van der Waals surface area contributed by atoms with Crippen LogP contribution in [0.5, 0.6) is 0 Å². The summed E-state index contributed by atoms with van der Waals surface area (Å²) in [5.74, 6) is 0.357. The lowest BCUT2D eigenvalue weighted by Gasteiger charge is -2.34. The number of anilines is 1. The van der Waals surface area contributed by atoms with E-state index in [9.17, 15) is 4.79 Å². The SMILES string of the molecule is Cn1c(N)c2ncn(CCCN3CCN(Cc4ccc(Cl)cc4)CC3)c2nc1=O. The molecule has 0 bridgehead atoms. The largest absolute Gasteiger partial charge is 0.383 e. The van der Waals surface area contributed by atoms with Gasteiger partial charge in [-0.2, -0.15) is 4.98 Å². The predicted molar refractivity (Wildman–Crippen MR) is 115 cm³/mol. The summed E-state index contributed by atoms with van der Waals surface area (Å²) in [6.45, 7) is 6.98. The lowest BCUT2D eigenvalue weighted by atomic mass is 10.2. The second-order valence-electron chi connectivity index (χ2n) is 7.55. The van der Waals surface area contributed by atoms with Crippen molar-refractivity contribution in [2.24, 2.45) is 7.05 Å². The Kier molecular flexibility index (Phi) is 5.84. The average molecular weight is 416 g/mol. The van der Waals surface area contributed by atoms with Gasteiger partial charge in [-0.15, -0.1) is 0 Å². The van der Waals surface area contributed by atoms with Crippen LogP contribution in [0.3, 0.4) is 0 Å². The number of piperazine rings is 1. The van der Waals surface area contributed by atoms with E-state index >= 15 is 0 Å². The third-order valence-electron chi connectivity index (χ3n) is 5.56. The third kappa shape index (κ3) is 4.44. The van der Waals surface area contributed by atoms with E-state index in [1.165, 1.54) is 10.1 Å². The maximum Gasteiger partial charge on any atom is 0.350 e. The average Bonchev–Trinajstić information content (AvgIpc) is 3.12. The Morgan fingerprint density at radius 1 is 1.07 bits per heavy atom. The number of hydrogen-bond acceptors (Lipinski definition) is 6. The van der Waals surface area contributed by atoms with Crippen LogP contribution < -0.4 is 11.4 Å². The molecule has 2 N–H and O–H groups in total. The standard InChI is InChI=1S/C20H26ClN7O/c1-25-18(22)17-19(24-20(25)29)28(14-23-17)8-2-7-26-9-11-27(12-10-26)13-15-3-5-16(21)6-4-15/h3-6,14H,2,7-13,22H2,1H3. The van der Waals surface area contributed by atoms with E-state index in [4.69, 9.17) is 17.3 Å². The maximum absolute atomic E-state index is 11.9. The number of fused-ring (bicyclic) bond motifs is 1. The highest BCUT2D eigenvalue weighted by Gasteiger charge is 2.17. The zero-order valence-corrected chi connectivity index (χ0v) is 17.3. The van der Waals surface area contributed by atoms with Crippen molar-refractivity contribution in [1.29, 1.82) is 0 Å². The van der Waals surface area contributed by atoms with Crippen LogP contribution in [0.1, 0.15) is 12.0 Å². The van der Waals surface area contributed by atoms with Crippen LogP contribution in [0, 0.1) is 0 Å². The number of rotatable bonds is 6. The fourth-order valence-corrected chi connectivity index (χ4v) is 3.87. The van der Waals surface area contributed by atoms with Crippen molar-refractivity contribution in [2.45, 2.75) is 19.5 Å². The second-order valence-corrected chi connectivity index (χ2v) is 7.98. The van der Waals surface area contributed by atoms with Crippen molar-refractivity contribution in [3.8, 4) is 0 Å². The highest BCUT2D eigenvalue weighted by molar-refractivity contribution is 6.30. The molecule has 1 fully saturated rings. The summed E-state index contributed by atoms with van der Waals surface area (Å²) < 4.78 is 3.24. The van der Waals surface area contributed by atoms with Crippen molar-refractivity contribution in [2.75, 3.05) is 38.5 Å². The highest BCUT2D eigenvalue weighted by atomic mass is 35.5. The number of nitrogen functional groups attached to an aromatic ring is 1. The van der Waals surface area contributed by atoms with Gasteiger partial charge in [-0.25, -0.2) is 9.78 Å². The molecule has 0 spiro atoms. The van der Waals surface area contributed by atoms with Crippen molar-refractivity contribution < 1.29 is 0 Å². The van der Waals surface area contributed by atoms with Crippen LogP contribution in [0.25, 0.3) is 11.2 Å². The number of aryl methyl sites for hydroxylation is 1. The van der Waals surface area contributed by atoms with Gasteiger partial charge in [0.2, 0.25) is 0 Å². The number of halogens is 1. The van der Waals surface area contributed by atoms with Crippen LogP contribution in [-0.2, 0) is 20.1 Å². The number of nitrogens with two attached hydrogens (primary N) is 1. The lowest BCUT2D eigenvalue weighted by Crippen LogP contribution is -2.46. The molecule has 0 atom stereocenters.